The van der Waals surface area contributed by atoms with Gasteiger partial charge in [0.25, 0.3) is 5.91 Å². The number of hydrogen-bond acceptors (Lipinski definition) is 5. The van der Waals surface area contributed by atoms with Gasteiger partial charge < -0.3 is 10.1 Å². The highest BCUT2D eigenvalue weighted by molar-refractivity contribution is 7.89. The van der Waals surface area contributed by atoms with E-state index in [2.05, 4.69) is 5.32 Å². The molecule has 7 nitrogen and oxygen atoms in total. The molecule has 1 aliphatic heterocycles. The van der Waals surface area contributed by atoms with Gasteiger partial charge in [0.1, 0.15) is 0 Å². The molecule has 1 fully saturated rings. The highest BCUT2D eigenvalue weighted by Crippen LogP contribution is 2.26. The van der Waals surface area contributed by atoms with E-state index in [1.165, 1.54) is 35.5 Å². The number of ether oxygens (including phenoxy) is 1. The van der Waals surface area contributed by atoms with Crippen molar-refractivity contribution in [3.63, 3.8) is 0 Å². The van der Waals surface area contributed by atoms with Crippen LogP contribution in [0.15, 0.2) is 29.2 Å². The van der Waals surface area contributed by atoms with Crippen molar-refractivity contribution in [2.45, 2.75) is 64.5 Å². The summed E-state index contributed by atoms with van der Waals surface area (Å²) in [7, 11) is -3.61. The topological polar surface area (TPSA) is 92.8 Å². The second-order valence-corrected chi connectivity index (χ2v) is 11.0. The molecule has 3 unspecified atom stereocenters. The number of nitrogens with one attached hydrogen (secondary N) is 1. The predicted molar refractivity (Wildman–Crippen MR) is 111 cm³/mol. The molecule has 1 aromatic rings. The average molecular weight is 425 g/mol. The number of esters is 1. The molecule has 0 bridgehead atoms. The SMILES string of the molecule is CC1CC(C)CN(S(=O)(=O)c2ccc(C(=O)OC(C)C(=O)NC(C)(C)C)cc2)C1. The summed E-state index contributed by atoms with van der Waals surface area (Å²) in [5, 5.41) is 2.75. The lowest BCUT2D eigenvalue weighted by Crippen LogP contribution is -2.46. The van der Waals surface area contributed by atoms with Crippen LogP contribution in [0.2, 0.25) is 0 Å². The van der Waals surface area contributed by atoms with E-state index >= 15 is 0 Å². The first kappa shape index (κ1) is 23.3. The number of carbonyl (C=O) groups excluding carboxylic acids is 2. The third kappa shape index (κ3) is 6.27. The molecule has 1 heterocycles. The Bertz CT molecular complexity index is 833. The quantitative estimate of drug-likeness (QED) is 0.734. The van der Waals surface area contributed by atoms with Crippen molar-refractivity contribution < 1.29 is 22.7 Å². The summed E-state index contributed by atoms with van der Waals surface area (Å²) in [5.74, 6) is -0.448. The van der Waals surface area contributed by atoms with Crippen LogP contribution in [-0.4, -0.2) is 49.3 Å². The van der Waals surface area contributed by atoms with Crippen molar-refractivity contribution in [3.05, 3.63) is 29.8 Å². The van der Waals surface area contributed by atoms with Gasteiger partial charge in [-0.2, -0.15) is 4.31 Å². The molecule has 1 saturated heterocycles. The molecule has 1 aromatic carbocycles. The van der Waals surface area contributed by atoms with Gasteiger partial charge in [-0.3, -0.25) is 4.79 Å². The fourth-order valence-corrected chi connectivity index (χ4v) is 5.15. The molecule has 0 aliphatic carbocycles. The van der Waals surface area contributed by atoms with Crippen molar-refractivity contribution in [2.75, 3.05) is 13.1 Å². The Kier molecular flexibility index (Phi) is 7.11. The molecule has 29 heavy (non-hydrogen) atoms. The molecule has 1 aliphatic rings. The lowest BCUT2D eigenvalue weighted by molar-refractivity contribution is -0.130. The summed E-state index contributed by atoms with van der Waals surface area (Å²) < 4.78 is 32.5. The number of sulfonamides is 1. The Labute approximate surface area is 173 Å². The Morgan fingerprint density at radius 1 is 1.10 bits per heavy atom. The zero-order valence-corrected chi connectivity index (χ0v) is 18.9. The predicted octanol–water partition coefficient (Wildman–Crippen LogP) is 2.81. The minimum absolute atomic E-state index is 0.147. The maximum absolute atomic E-state index is 12.9. The largest absolute Gasteiger partial charge is 0.449 e. The van der Waals surface area contributed by atoms with Gasteiger partial charge in [0, 0.05) is 18.6 Å². The molecule has 1 amide bonds. The standard InChI is InChI=1S/C21H32N2O5S/c1-14-11-15(2)13-23(12-14)29(26,27)18-9-7-17(8-10-18)20(25)28-16(3)19(24)22-21(4,5)6/h7-10,14-16H,11-13H2,1-6H3,(H,22,24). The van der Waals surface area contributed by atoms with Crippen molar-refractivity contribution in [1.29, 1.82) is 0 Å². The van der Waals surface area contributed by atoms with Crippen LogP contribution in [0.5, 0.6) is 0 Å². The van der Waals surface area contributed by atoms with Crippen LogP contribution < -0.4 is 5.32 Å². The van der Waals surface area contributed by atoms with E-state index in [1.54, 1.807) is 0 Å². The normalized spacial score (nSPS) is 22.0. The van der Waals surface area contributed by atoms with E-state index in [9.17, 15) is 18.0 Å². The van der Waals surface area contributed by atoms with Crippen LogP contribution >= 0.6 is 0 Å². The molecule has 0 aromatic heterocycles. The first-order valence-electron chi connectivity index (χ1n) is 9.93. The molecule has 1 N–H and O–H groups in total. The first-order chi connectivity index (χ1) is 13.3. The van der Waals surface area contributed by atoms with Gasteiger partial charge in [-0.15, -0.1) is 0 Å². The average Bonchev–Trinajstić information content (AvgIpc) is 2.59. The van der Waals surface area contributed by atoms with Crippen molar-refractivity contribution >= 4 is 21.9 Å². The van der Waals surface area contributed by atoms with E-state index < -0.39 is 33.5 Å². The van der Waals surface area contributed by atoms with Gasteiger partial charge in [-0.05, 0) is 70.2 Å². The van der Waals surface area contributed by atoms with Crippen LogP contribution in [0.4, 0.5) is 0 Å². The Morgan fingerprint density at radius 3 is 2.10 bits per heavy atom. The maximum Gasteiger partial charge on any atom is 0.338 e. The van der Waals surface area contributed by atoms with Crippen molar-refractivity contribution in [1.82, 2.24) is 9.62 Å². The summed E-state index contributed by atoms with van der Waals surface area (Å²) in [6, 6.07) is 5.66. The Balaban J connectivity index is 2.07. The molecule has 162 valence electrons. The van der Waals surface area contributed by atoms with Crippen LogP contribution in [0, 0.1) is 11.8 Å². The lowest BCUT2D eigenvalue weighted by Gasteiger charge is -2.34. The zero-order chi connectivity index (χ0) is 22.0. The van der Waals surface area contributed by atoms with Gasteiger partial charge in [-0.1, -0.05) is 13.8 Å². The van der Waals surface area contributed by atoms with Crippen LogP contribution in [0.1, 0.15) is 58.3 Å². The van der Waals surface area contributed by atoms with E-state index in [0.29, 0.717) is 24.9 Å². The van der Waals surface area contributed by atoms with E-state index in [0.717, 1.165) is 6.42 Å². The first-order valence-corrected chi connectivity index (χ1v) is 11.4. The second kappa shape index (κ2) is 8.83. The molecular formula is C21H32N2O5S. The van der Waals surface area contributed by atoms with Gasteiger partial charge in [0.2, 0.25) is 10.0 Å². The number of nitrogens with zero attached hydrogens (tertiary/aromatic N) is 1. The number of hydrogen-bond donors (Lipinski definition) is 1. The van der Waals surface area contributed by atoms with Crippen LogP contribution in [-0.2, 0) is 19.6 Å². The lowest BCUT2D eigenvalue weighted by atomic mass is 9.94. The van der Waals surface area contributed by atoms with Gasteiger partial charge in [-0.25, -0.2) is 13.2 Å². The van der Waals surface area contributed by atoms with Crippen LogP contribution in [0.3, 0.4) is 0 Å². The minimum Gasteiger partial charge on any atom is -0.449 e. The Morgan fingerprint density at radius 2 is 1.62 bits per heavy atom. The van der Waals surface area contributed by atoms with Gasteiger partial charge >= 0.3 is 5.97 Å². The molecule has 0 saturated carbocycles. The van der Waals surface area contributed by atoms with E-state index in [1.807, 2.05) is 34.6 Å². The van der Waals surface area contributed by atoms with Crippen molar-refractivity contribution in [3.8, 4) is 0 Å². The Hall–Kier alpha value is -1.93. The fourth-order valence-electron chi connectivity index (χ4n) is 3.47. The van der Waals surface area contributed by atoms with Gasteiger partial charge in [0.05, 0.1) is 10.5 Å². The number of rotatable bonds is 5. The molecule has 0 radical (unpaired) electrons. The summed E-state index contributed by atoms with van der Waals surface area (Å²) in [4.78, 5) is 24.5. The molecule has 0 spiro atoms. The van der Waals surface area contributed by atoms with E-state index in [4.69, 9.17) is 4.74 Å². The van der Waals surface area contributed by atoms with Crippen molar-refractivity contribution in [2.24, 2.45) is 11.8 Å². The van der Waals surface area contributed by atoms with Crippen LogP contribution in [0.25, 0.3) is 0 Å². The second-order valence-electron chi connectivity index (χ2n) is 9.08. The highest BCUT2D eigenvalue weighted by atomic mass is 32.2. The zero-order valence-electron chi connectivity index (χ0n) is 18.1. The number of benzene rings is 1. The smallest absolute Gasteiger partial charge is 0.338 e. The molecular weight excluding hydrogens is 392 g/mol. The third-order valence-corrected chi connectivity index (χ3v) is 6.56. The third-order valence-electron chi connectivity index (χ3n) is 4.71. The highest BCUT2D eigenvalue weighted by Gasteiger charge is 2.32. The monoisotopic (exact) mass is 424 g/mol. The summed E-state index contributed by atoms with van der Waals surface area (Å²) in [5.41, 5.74) is -0.239. The summed E-state index contributed by atoms with van der Waals surface area (Å²) in [6.07, 6.45) is 0.0547. The van der Waals surface area contributed by atoms with E-state index in [-0.39, 0.29) is 10.5 Å². The minimum atomic E-state index is -3.61. The number of piperidine rings is 1. The number of carbonyl (C=O) groups is 2. The molecule has 3 atom stereocenters. The number of amides is 1. The fraction of sp³-hybridized carbons (Fsp3) is 0.619. The maximum atomic E-state index is 12.9. The van der Waals surface area contributed by atoms with Gasteiger partial charge in [0.15, 0.2) is 6.10 Å². The molecule has 8 heteroatoms. The summed E-state index contributed by atoms with van der Waals surface area (Å²) >= 11 is 0. The molecule has 2 rings (SSSR count). The summed E-state index contributed by atoms with van der Waals surface area (Å²) in [6.45, 7) is 12.1.